The Balaban J connectivity index is 1.62. The van der Waals surface area contributed by atoms with Crippen LogP contribution in [0.5, 0.6) is 11.5 Å². The first-order valence-corrected chi connectivity index (χ1v) is 18.9. The van der Waals surface area contributed by atoms with E-state index in [4.69, 9.17) is 25.1 Å². The molecule has 0 bridgehead atoms. The van der Waals surface area contributed by atoms with Gasteiger partial charge < -0.3 is 9.84 Å². The number of aromatic hydroxyl groups is 1. The third kappa shape index (κ3) is 8.58. The molecule has 0 aliphatic rings. The summed E-state index contributed by atoms with van der Waals surface area (Å²) in [4.78, 5) is 3.31. The van der Waals surface area contributed by atoms with Crippen LogP contribution in [0.4, 0.5) is 0 Å². The lowest BCUT2D eigenvalue weighted by atomic mass is 9.71. The van der Waals surface area contributed by atoms with Gasteiger partial charge in [0.15, 0.2) is 5.75 Å². The van der Waals surface area contributed by atoms with Crippen molar-refractivity contribution in [3.8, 4) is 22.9 Å². The van der Waals surface area contributed by atoms with Crippen molar-refractivity contribution in [1.29, 1.82) is 0 Å². The van der Waals surface area contributed by atoms with Crippen LogP contribution in [0.15, 0.2) is 72.8 Å². The minimum atomic E-state index is -0.526. The second-order valence-corrected chi connectivity index (χ2v) is 19.6. The van der Waals surface area contributed by atoms with Gasteiger partial charge in [0, 0.05) is 17.5 Å². The highest BCUT2D eigenvalue weighted by Crippen LogP contribution is 2.44. The molecule has 0 saturated heterocycles. The maximum atomic E-state index is 12.3. The molecule has 0 amide bonds. The number of nitrogens with zero attached hydrogens (tertiary/aromatic N) is 6. The van der Waals surface area contributed by atoms with E-state index in [1.165, 1.54) is 0 Å². The normalized spacial score (nSPS) is 13.3. The Labute approximate surface area is 315 Å². The highest BCUT2D eigenvalue weighted by Gasteiger charge is 2.33. The van der Waals surface area contributed by atoms with Crippen molar-refractivity contribution in [3.63, 3.8) is 0 Å². The zero-order valence-electron chi connectivity index (χ0n) is 34.1. The molecule has 1 N–H and O–H groups in total. The van der Waals surface area contributed by atoms with Gasteiger partial charge in [-0.25, -0.2) is 0 Å². The summed E-state index contributed by atoms with van der Waals surface area (Å²) < 4.78 is 6.90. The fourth-order valence-electron chi connectivity index (χ4n) is 8.12. The summed E-state index contributed by atoms with van der Waals surface area (Å²) in [6.07, 6.45) is 2.30. The highest BCUT2D eigenvalue weighted by atomic mass is 16.5. The summed E-state index contributed by atoms with van der Waals surface area (Å²) in [6, 6.07) is 24.4. The minimum absolute atomic E-state index is 0.0796. The fraction of sp³-hybridized carbons (Fsp3) is 0.467. The van der Waals surface area contributed by atoms with E-state index in [-0.39, 0.29) is 27.4 Å². The molecule has 0 saturated carbocycles. The van der Waals surface area contributed by atoms with E-state index < -0.39 is 5.60 Å². The largest absolute Gasteiger partial charge is 0.505 e. The average molecular weight is 715 g/mol. The van der Waals surface area contributed by atoms with Crippen molar-refractivity contribution in [3.05, 3.63) is 95.1 Å². The number of phenolic OH excluding ortho intramolecular Hbond substituents is 1. The molecule has 8 heteroatoms. The number of aromatic nitrogens is 6. The van der Waals surface area contributed by atoms with Crippen molar-refractivity contribution in [2.75, 3.05) is 0 Å². The number of phenols is 1. The third-order valence-corrected chi connectivity index (χ3v) is 9.62. The van der Waals surface area contributed by atoms with Crippen LogP contribution in [-0.4, -0.2) is 40.7 Å². The van der Waals surface area contributed by atoms with Gasteiger partial charge in [-0.05, 0) is 103 Å². The van der Waals surface area contributed by atoms with Crippen molar-refractivity contribution in [2.45, 2.75) is 126 Å². The summed E-state index contributed by atoms with van der Waals surface area (Å²) >= 11 is 0. The van der Waals surface area contributed by atoms with Crippen LogP contribution in [0.2, 0.25) is 0 Å². The second-order valence-electron chi connectivity index (χ2n) is 19.6. The summed E-state index contributed by atoms with van der Waals surface area (Å²) in [5.74, 6) is 0.836. The topological polar surface area (TPSA) is 90.9 Å². The Hall–Kier alpha value is -4.72. The molecule has 0 radical (unpaired) electrons. The summed E-state index contributed by atoms with van der Waals surface area (Å²) in [5.41, 5.74) is 7.70. The Kier molecular flexibility index (Phi) is 9.54. The van der Waals surface area contributed by atoms with Crippen molar-refractivity contribution < 1.29 is 9.84 Å². The molecule has 6 aromatic rings. The van der Waals surface area contributed by atoms with Crippen LogP contribution >= 0.6 is 0 Å². The number of hydrogen-bond donors (Lipinski definition) is 1. The smallest absolute Gasteiger partial charge is 0.151 e. The molecule has 4 aromatic carbocycles. The van der Waals surface area contributed by atoms with Crippen LogP contribution < -0.4 is 4.74 Å². The molecule has 280 valence electrons. The van der Waals surface area contributed by atoms with Crippen LogP contribution in [0, 0.1) is 10.8 Å². The Morgan fingerprint density at radius 1 is 0.528 bits per heavy atom. The first-order valence-electron chi connectivity index (χ1n) is 18.9. The van der Waals surface area contributed by atoms with Crippen molar-refractivity contribution in [2.24, 2.45) is 10.8 Å². The molecule has 8 nitrogen and oxygen atoms in total. The number of hydrogen-bond acceptors (Lipinski definition) is 6. The maximum Gasteiger partial charge on any atom is 0.151 e. The number of fused-ring (bicyclic) bond motifs is 2. The van der Waals surface area contributed by atoms with E-state index in [0.29, 0.717) is 17.9 Å². The first-order chi connectivity index (χ1) is 24.5. The molecule has 0 unspecified atom stereocenters. The first kappa shape index (κ1) is 38.0. The Morgan fingerprint density at radius 2 is 0.906 bits per heavy atom. The van der Waals surface area contributed by atoms with Crippen LogP contribution in [0.25, 0.3) is 33.4 Å². The molecule has 0 fully saturated rings. The molecule has 0 atom stereocenters. The lowest BCUT2D eigenvalue weighted by Crippen LogP contribution is -2.27. The van der Waals surface area contributed by atoms with Gasteiger partial charge in [0.05, 0.1) is 0 Å². The monoisotopic (exact) mass is 714 g/mol. The van der Waals surface area contributed by atoms with E-state index in [1.54, 1.807) is 9.59 Å². The van der Waals surface area contributed by atoms with Gasteiger partial charge in [-0.15, -0.1) is 30.0 Å². The van der Waals surface area contributed by atoms with E-state index in [2.05, 4.69) is 114 Å². The summed E-state index contributed by atoms with van der Waals surface area (Å²) in [6.45, 7) is 29.0. The van der Waals surface area contributed by atoms with E-state index in [1.807, 2.05) is 48.5 Å². The predicted octanol–water partition coefficient (Wildman–Crippen LogP) is 11.1. The van der Waals surface area contributed by atoms with Gasteiger partial charge in [-0.1, -0.05) is 106 Å². The molecule has 0 spiro atoms. The fourth-order valence-corrected chi connectivity index (χ4v) is 8.12. The third-order valence-electron chi connectivity index (χ3n) is 9.62. The number of ether oxygens (including phenoxy) is 1. The Morgan fingerprint density at radius 3 is 1.30 bits per heavy atom. The van der Waals surface area contributed by atoms with Crippen LogP contribution in [0.1, 0.15) is 125 Å². The molecular weight excluding hydrogens is 657 g/mol. The highest BCUT2D eigenvalue weighted by molar-refractivity contribution is 5.75. The maximum absolute atomic E-state index is 12.3. The number of rotatable bonds is 9. The Bertz CT molecular complexity index is 2210. The molecule has 53 heavy (non-hydrogen) atoms. The lowest BCUT2D eigenvalue weighted by Gasteiger charge is -2.35. The lowest BCUT2D eigenvalue weighted by molar-refractivity contribution is 0.129. The summed E-state index contributed by atoms with van der Waals surface area (Å²) in [5, 5.41) is 31.8. The van der Waals surface area contributed by atoms with E-state index in [0.717, 1.165) is 62.8 Å². The molecule has 6 rings (SSSR count). The molecule has 2 heterocycles. The quantitative estimate of drug-likeness (QED) is 0.160. The van der Waals surface area contributed by atoms with Gasteiger partial charge in [0.25, 0.3) is 0 Å². The zero-order chi connectivity index (χ0) is 38.7. The van der Waals surface area contributed by atoms with Gasteiger partial charge in [0.2, 0.25) is 0 Å². The van der Waals surface area contributed by atoms with E-state index >= 15 is 0 Å². The van der Waals surface area contributed by atoms with E-state index in [9.17, 15) is 5.11 Å². The predicted molar refractivity (Wildman–Crippen MR) is 217 cm³/mol. The molecule has 0 aliphatic heterocycles. The summed E-state index contributed by atoms with van der Waals surface area (Å²) in [7, 11) is 0. The van der Waals surface area contributed by atoms with Crippen molar-refractivity contribution >= 4 is 22.1 Å². The second kappa shape index (κ2) is 13.3. The van der Waals surface area contributed by atoms with Crippen LogP contribution in [-0.2, 0) is 17.3 Å². The van der Waals surface area contributed by atoms with Gasteiger partial charge in [0.1, 0.15) is 44.8 Å². The average Bonchev–Trinajstić information content (AvgIpc) is 3.64. The zero-order valence-corrected chi connectivity index (χ0v) is 34.1. The number of benzene rings is 4. The molecule has 0 aliphatic carbocycles. The van der Waals surface area contributed by atoms with Crippen molar-refractivity contribution in [1.82, 2.24) is 30.0 Å². The SMILES string of the molecule is CC(C)(C)CC(C)(C)c1cc(Cc2cc(C(C)(C)CC(C)(C)C)cc(-n3nc4ccccc4n3)c2OC(C)(C)C)c(O)c(-n2nc3ccccc3n2)c1. The van der Waals surface area contributed by atoms with Gasteiger partial charge in [-0.3, -0.25) is 0 Å². The molecular formula is C45H58N6O2. The molecule has 2 aromatic heterocycles. The van der Waals surface area contributed by atoms with Gasteiger partial charge in [-0.2, -0.15) is 0 Å². The van der Waals surface area contributed by atoms with Gasteiger partial charge >= 0.3 is 0 Å². The minimum Gasteiger partial charge on any atom is -0.505 e. The van der Waals surface area contributed by atoms with Crippen LogP contribution in [0.3, 0.4) is 0 Å². The standard InChI is InChI=1S/C45H58N6O2/c1-41(2,3)27-44(10,11)31-23-29(39(52)37(25-31)50-46-33-18-14-15-19-34(33)47-50)22-30-24-32(45(12,13)28-42(4,5)6)26-38(40(30)53-43(7,8)9)51-48-35-20-16-17-21-36(35)49-51/h14-21,23-26,52H,22,27-28H2,1-13H3.